The van der Waals surface area contributed by atoms with Crippen LogP contribution in [0.3, 0.4) is 0 Å². The Morgan fingerprint density at radius 3 is 2.15 bits per heavy atom. The molecule has 1 nitrogen and oxygen atoms in total. The van der Waals surface area contributed by atoms with Gasteiger partial charge in [-0.3, -0.25) is 0 Å². The fourth-order valence-electron chi connectivity index (χ4n) is 2.25. The average Bonchev–Trinajstić information content (AvgIpc) is 2.49. The molecule has 0 aromatic heterocycles. The third-order valence-corrected chi connectivity index (χ3v) is 3.27. The summed E-state index contributed by atoms with van der Waals surface area (Å²) in [5.41, 5.74) is 3.69. The molecule has 20 heavy (non-hydrogen) atoms. The molecule has 0 unspecified atom stereocenters. The standard InChI is InChI=1S/C19H16O/c1-15-8-5-6-13-19(15)16-9-7-12-18(14-16)20-17-10-3-2-4-11-17/h2-14H,1H3. The maximum Gasteiger partial charge on any atom is 0.128 e. The van der Waals surface area contributed by atoms with Gasteiger partial charge in [0, 0.05) is 0 Å². The van der Waals surface area contributed by atoms with E-state index in [9.17, 15) is 0 Å². The summed E-state index contributed by atoms with van der Waals surface area (Å²) in [5, 5.41) is 0. The van der Waals surface area contributed by atoms with Crippen molar-refractivity contribution in [1.29, 1.82) is 0 Å². The van der Waals surface area contributed by atoms with Gasteiger partial charge in [-0.2, -0.15) is 0 Å². The van der Waals surface area contributed by atoms with E-state index in [-0.39, 0.29) is 0 Å². The molecule has 1 heteroatoms. The minimum Gasteiger partial charge on any atom is -0.457 e. The van der Waals surface area contributed by atoms with Gasteiger partial charge in [0.25, 0.3) is 0 Å². The van der Waals surface area contributed by atoms with Gasteiger partial charge in [0.2, 0.25) is 0 Å². The number of hydrogen-bond donors (Lipinski definition) is 0. The molecule has 3 rings (SSSR count). The first-order chi connectivity index (χ1) is 9.83. The number of benzene rings is 3. The fraction of sp³-hybridized carbons (Fsp3) is 0.0526. The van der Waals surface area contributed by atoms with Crippen LogP contribution in [0.25, 0.3) is 11.1 Å². The second-order valence-corrected chi connectivity index (χ2v) is 4.76. The largest absolute Gasteiger partial charge is 0.457 e. The minimum atomic E-state index is 0.856. The van der Waals surface area contributed by atoms with Gasteiger partial charge < -0.3 is 4.74 Å². The van der Waals surface area contributed by atoms with Gasteiger partial charge in [0.1, 0.15) is 11.5 Å². The lowest BCUT2D eigenvalue weighted by atomic mass is 10.0. The Hall–Kier alpha value is -2.54. The predicted molar refractivity (Wildman–Crippen MR) is 83.1 cm³/mol. The molecule has 0 aliphatic heterocycles. The zero-order valence-electron chi connectivity index (χ0n) is 11.4. The summed E-state index contributed by atoms with van der Waals surface area (Å²) in [7, 11) is 0. The first kappa shape index (κ1) is 12.5. The van der Waals surface area contributed by atoms with Crippen molar-refractivity contribution in [3.63, 3.8) is 0 Å². The van der Waals surface area contributed by atoms with Gasteiger partial charge >= 0.3 is 0 Å². The van der Waals surface area contributed by atoms with Crippen LogP contribution in [0.4, 0.5) is 0 Å². The van der Waals surface area contributed by atoms with Crippen LogP contribution in [0, 0.1) is 6.92 Å². The number of hydrogen-bond acceptors (Lipinski definition) is 1. The summed E-state index contributed by atoms with van der Waals surface area (Å²) in [6.07, 6.45) is 0. The van der Waals surface area contributed by atoms with E-state index in [0.717, 1.165) is 11.5 Å². The van der Waals surface area contributed by atoms with Gasteiger partial charge in [-0.05, 0) is 47.9 Å². The first-order valence-corrected chi connectivity index (χ1v) is 6.72. The van der Waals surface area contributed by atoms with Crippen molar-refractivity contribution < 1.29 is 4.74 Å². The normalized spacial score (nSPS) is 10.2. The highest BCUT2D eigenvalue weighted by atomic mass is 16.5. The molecule has 0 saturated carbocycles. The van der Waals surface area contributed by atoms with Crippen LogP contribution < -0.4 is 4.74 Å². The maximum atomic E-state index is 5.88. The molecule has 0 N–H and O–H groups in total. The molecular weight excluding hydrogens is 244 g/mol. The summed E-state index contributed by atoms with van der Waals surface area (Å²) >= 11 is 0. The van der Waals surface area contributed by atoms with Crippen molar-refractivity contribution in [1.82, 2.24) is 0 Å². The van der Waals surface area contributed by atoms with Crippen LogP contribution >= 0.6 is 0 Å². The summed E-state index contributed by atoms with van der Waals surface area (Å²) < 4.78 is 5.88. The lowest BCUT2D eigenvalue weighted by Gasteiger charge is -2.09. The molecule has 0 bridgehead atoms. The molecule has 0 radical (unpaired) electrons. The Balaban J connectivity index is 1.92. The minimum absolute atomic E-state index is 0.856. The lowest BCUT2D eigenvalue weighted by Crippen LogP contribution is -1.86. The van der Waals surface area contributed by atoms with Crippen molar-refractivity contribution in [2.24, 2.45) is 0 Å². The molecule has 0 atom stereocenters. The molecule has 0 heterocycles. The highest BCUT2D eigenvalue weighted by Gasteiger charge is 2.03. The summed E-state index contributed by atoms with van der Waals surface area (Å²) in [6, 6.07) is 26.4. The van der Waals surface area contributed by atoms with Crippen molar-refractivity contribution in [3.05, 3.63) is 84.4 Å². The van der Waals surface area contributed by atoms with Gasteiger partial charge in [-0.1, -0.05) is 54.6 Å². The Bertz CT molecular complexity index is 702. The van der Waals surface area contributed by atoms with Gasteiger partial charge in [-0.25, -0.2) is 0 Å². The SMILES string of the molecule is Cc1ccccc1-c1cccc(Oc2ccccc2)c1. The van der Waals surface area contributed by atoms with Crippen molar-refractivity contribution >= 4 is 0 Å². The van der Waals surface area contributed by atoms with E-state index >= 15 is 0 Å². The Morgan fingerprint density at radius 1 is 0.650 bits per heavy atom. The van der Waals surface area contributed by atoms with E-state index in [0.29, 0.717) is 0 Å². The van der Waals surface area contributed by atoms with Crippen molar-refractivity contribution in [3.8, 4) is 22.6 Å². The molecule has 98 valence electrons. The average molecular weight is 260 g/mol. The fourth-order valence-corrected chi connectivity index (χ4v) is 2.25. The zero-order valence-corrected chi connectivity index (χ0v) is 11.4. The summed E-state index contributed by atoms with van der Waals surface area (Å²) in [4.78, 5) is 0. The predicted octanol–water partition coefficient (Wildman–Crippen LogP) is 5.45. The molecule has 0 amide bonds. The first-order valence-electron chi connectivity index (χ1n) is 6.72. The number of ether oxygens (including phenoxy) is 1. The van der Waals surface area contributed by atoms with E-state index < -0.39 is 0 Å². The monoisotopic (exact) mass is 260 g/mol. The topological polar surface area (TPSA) is 9.23 Å². The van der Waals surface area contributed by atoms with Gasteiger partial charge in [0.15, 0.2) is 0 Å². The number of rotatable bonds is 3. The van der Waals surface area contributed by atoms with E-state index in [1.165, 1.54) is 16.7 Å². The summed E-state index contributed by atoms with van der Waals surface area (Å²) in [6.45, 7) is 2.13. The maximum absolute atomic E-state index is 5.88. The Labute approximate surface area is 119 Å². The van der Waals surface area contributed by atoms with Gasteiger partial charge in [-0.15, -0.1) is 0 Å². The van der Waals surface area contributed by atoms with Crippen LogP contribution in [-0.4, -0.2) is 0 Å². The van der Waals surface area contributed by atoms with Crippen LogP contribution in [0.2, 0.25) is 0 Å². The molecule has 0 spiro atoms. The second-order valence-electron chi connectivity index (χ2n) is 4.76. The van der Waals surface area contributed by atoms with Crippen LogP contribution in [0.1, 0.15) is 5.56 Å². The molecule has 0 fully saturated rings. The third-order valence-electron chi connectivity index (χ3n) is 3.27. The third kappa shape index (κ3) is 2.72. The highest BCUT2D eigenvalue weighted by molar-refractivity contribution is 5.68. The highest BCUT2D eigenvalue weighted by Crippen LogP contribution is 2.28. The van der Waals surface area contributed by atoms with Crippen LogP contribution in [0.5, 0.6) is 11.5 Å². The van der Waals surface area contributed by atoms with Crippen LogP contribution in [-0.2, 0) is 0 Å². The van der Waals surface area contributed by atoms with E-state index in [2.05, 4.69) is 43.3 Å². The molecule has 3 aromatic rings. The van der Waals surface area contributed by atoms with E-state index in [1.54, 1.807) is 0 Å². The second kappa shape index (κ2) is 5.62. The van der Waals surface area contributed by atoms with Crippen molar-refractivity contribution in [2.45, 2.75) is 6.92 Å². The van der Waals surface area contributed by atoms with E-state index in [1.807, 2.05) is 42.5 Å². The zero-order chi connectivity index (χ0) is 13.8. The lowest BCUT2D eigenvalue weighted by molar-refractivity contribution is 0.483. The Morgan fingerprint density at radius 2 is 1.35 bits per heavy atom. The van der Waals surface area contributed by atoms with Gasteiger partial charge in [0.05, 0.1) is 0 Å². The molecular formula is C19H16O. The quantitative estimate of drug-likeness (QED) is 0.608. The molecule has 0 aliphatic carbocycles. The van der Waals surface area contributed by atoms with Crippen LogP contribution in [0.15, 0.2) is 78.9 Å². The summed E-state index contributed by atoms with van der Waals surface area (Å²) in [5.74, 6) is 1.71. The molecule has 0 aliphatic rings. The smallest absolute Gasteiger partial charge is 0.128 e. The molecule has 0 saturated heterocycles. The molecule has 3 aromatic carbocycles. The number of para-hydroxylation sites is 1. The number of aryl methyl sites for hydroxylation is 1. The Kier molecular flexibility index (Phi) is 3.51. The van der Waals surface area contributed by atoms with Crippen molar-refractivity contribution in [2.75, 3.05) is 0 Å². The van der Waals surface area contributed by atoms with E-state index in [4.69, 9.17) is 4.74 Å².